The van der Waals surface area contributed by atoms with Crippen molar-refractivity contribution in [1.29, 1.82) is 0 Å². The standard InChI is InChI=1S/C12H15ClN4/c1-2-5-10(14)11-8-17(16-15-11)12-7-4-3-6-9(12)13/h3-4,6-8,10H,2,5,14H2,1H3. The topological polar surface area (TPSA) is 56.7 Å². The number of hydrogen-bond donors (Lipinski definition) is 1. The zero-order valence-electron chi connectivity index (χ0n) is 9.68. The number of nitrogens with zero attached hydrogens (tertiary/aromatic N) is 3. The lowest BCUT2D eigenvalue weighted by Gasteiger charge is -2.05. The van der Waals surface area contributed by atoms with Gasteiger partial charge in [-0.15, -0.1) is 5.10 Å². The Morgan fingerprint density at radius 2 is 2.18 bits per heavy atom. The first-order valence-corrected chi connectivity index (χ1v) is 6.03. The maximum Gasteiger partial charge on any atom is 0.0998 e. The van der Waals surface area contributed by atoms with Gasteiger partial charge in [0.05, 0.1) is 28.6 Å². The van der Waals surface area contributed by atoms with Gasteiger partial charge in [-0.2, -0.15) is 0 Å². The normalized spacial score (nSPS) is 12.6. The Hall–Kier alpha value is -1.39. The molecule has 0 amide bonds. The number of aromatic nitrogens is 3. The van der Waals surface area contributed by atoms with E-state index in [1.165, 1.54) is 0 Å². The third kappa shape index (κ3) is 2.65. The van der Waals surface area contributed by atoms with Gasteiger partial charge >= 0.3 is 0 Å². The molecule has 0 saturated carbocycles. The van der Waals surface area contributed by atoms with Gasteiger partial charge in [-0.3, -0.25) is 0 Å². The van der Waals surface area contributed by atoms with Crippen molar-refractivity contribution in [2.75, 3.05) is 0 Å². The second-order valence-electron chi connectivity index (χ2n) is 3.93. The molecule has 0 aliphatic rings. The molecule has 0 aliphatic heterocycles. The van der Waals surface area contributed by atoms with Crippen LogP contribution in [0, 0.1) is 0 Å². The van der Waals surface area contributed by atoms with Crippen LogP contribution in [0.5, 0.6) is 0 Å². The summed E-state index contributed by atoms with van der Waals surface area (Å²) in [5.74, 6) is 0. The highest BCUT2D eigenvalue weighted by Gasteiger charge is 2.11. The Labute approximate surface area is 105 Å². The lowest BCUT2D eigenvalue weighted by atomic mass is 10.1. The third-order valence-corrected chi connectivity index (χ3v) is 2.91. The molecule has 0 saturated heterocycles. The van der Waals surface area contributed by atoms with Crippen molar-refractivity contribution < 1.29 is 0 Å². The molecule has 2 aromatic rings. The number of benzene rings is 1. The molecule has 2 rings (SSSR count). The molecule has 0 bridgehead atoms. The predicted octanol–water partition coefficient (Wildman–Crippen LogP) is 2.72. The van der Waals surface area contributed by atoms with Crippen molar-refractivity contribution in [3.63, 3.8) is 0 Å². The Kier molecular flexibility index (Phi) is 3.76. The highest BCUT2D eigenvalue weighted by molar-refractivity contribution is 6.32. The molecule has 2 N–H and O–H groups in total. The largest absolute Gasteiger partial charge is 0.323 e. The molecule has 5 heteroatoms. The molecule has 1 unspecified atom stereocenters. The molecule has 1 aromatic heterocycles. The third-order valence-electron chi connectivity index (χ3n) is 2.59. The monoisotopic (exact) mass is 250 g/mol. The van der Waals surface area contributed by atoms with Crippen LogP contribution in [0.25, 0.3) is 5.69 Å². The molecule has 4 nitrogen and oxygen atoms in total. The average Bonchev–Trinajstić information content (AvgIpc) is 2.79. The van der Waals surface area contributed by atoms with E-state index in [-0.39, 0.29) is 6.04 Å². The van der Waals surface area contributed by atoms with Crippen LogP contribution >= 0.6 is 11.6 Å². The molecule has 0 aliphatic carbocycles. The number of nitrogens with two attached hydrogens (primary N) is 1. The zero-order chi connectivity index (χ0) is 12.3. The van der Waals surface area contributed by atoms with E-state index >= 15 is 0 Å². The molecule has 1 atom stereocenters. The average molecular weight is 251 g/mol. The van der Waals surface area contributed by atoms with Crippen LogP contribution in [0.15, 0.2) is 30.5 Å². The van der Waals surface area contributed by atoms with E-state index in [4.69, 9.17) is 17.3 Å². The summed E-state index contributed by atoms with van der Waals surface area (Å²) < 4.78 is 1.66. The van der Waals surface area contributed by atoms with E-state index in [0.717, 1.165) is 24.2 Å². The van der Waals surface area contributed by atoms with Crippen molar-refractivity contribution >= 4 is 11.6 Å². The van der Waals surface area contributed by atoms with Crippen LogP contribution < -0.4 is 5.73 Å². The predicted molar refractivity (Wildman–Crippen MR) is 68.2 cm³/mol. The quantitative estimate of drug-likeness (QED) is 0.908. The first kappa shape index (κ1) is 12.1. The maximum atomic E-state index is 6.09. The van der Waals surface area contributed by atoms with Crippen molar-refractivity contribution in [2.24, 2.45) is 5.73 Å². The van der Waals surface area contributed by atoms with E-state index in [2.05, 4.69) is 17.2 Å². The highest BCUT2D eigenvalue weighted by Crippen LogP contribution is 2.20. The van der Waals surface area contributed by atoms with E-state index in [1.54, 1.807) is 4.68 Å². The summed E-state index contributed by atoms with van der Waals surface area (Å²) in [5.41, 5.74) is 7.60. The molecule has 0 fully saturated rings. The summed E-state index contributed by atoms with van der Waals surface area (Å²) in [4.78, 5) is 0. The maximum absolute atomic E-state index is 6.09. The van der Waals surface area contributed by atoms with E-state index in [0.29, 0.717) is 5.02 Å². The summed E-state index contributed by atoms with van der Waals surface area (Å²) in [7, 11) is 0. The lowest BCUT2D eigenvalue weighted by molar-refractivity contribution is 0.619. The Morgan fingerprint density at radius 1 is 1.41 bits per heavy atom. The molecule has 1 aromatic carbocycles. The van der Waals surface area contributed by atoms with E-state index in [1.807, 2.05) is 30.5 Å². The first-order valence-electron chi connectivity index (χ1n) is 5.65. The number of para-hydroxylation sites is 1. The van der Waals surface area contributed by atoms with E-state index in [9.17, 15) is 0 Å². The zero-order valence-corrected chi connectivity index (χ0v) is 10.4. The van der Waals surface area contributed by atoms with Crippen molar-refractivity contribution in [3.05, 3.63) is 41.2 Å². The van der Waals surface area contributed by atoms with Crippen LogP contribution in [-0.2, 0) is 0 Å². The molecule has 90 valence electrons. The first-order chi connectivity index (χ1) is 8.22. The number of rotatable bonds is 4. The van der Waals surface area contributed by atoms with Gasteiger partial charge in [-0.05, 0) is 18.6 Å². The smallest absolute Gasteiger partial charge is 0.0998 e. The summed E-state index contributed by atoms with van der Waals surface area (Å²) in [6.07, 6.45) is 3.77. The SMILES string of the molecule is CCCC(N)c1cn(-c2ccccc2Cl)nn1. The van der Waals surface area contributed by atoms with Crippen LogP contribution in [0.4, 0.5) is 0 Å². The molecule has 0 spiro atoms. The van der Waals surface area contributed by atoms with Gasteiger partial charge in [0.25, 0.3) is 0 Å². The fourth-order valence-electron chi connectivity index (χ4n) is 1.66. The summed E-state index contributed by atoms with van der Waals surface area (Å²) in [5, 5.41) is 8.78. The van der Waals surface area contributed by atoms with Crippen molar-refractivity contribution in [1.82, 2.24) is 15.0 Å². The summed E-state index contributed by atoms with van der Waals surface area (Å²) >= 11 is 6.09. The number of halogens is 1. The fraction of sp³-hybridized carbons (Fsp3) is 0.333. The Morgan fingerprint density at radius 3 is 2.88 bits per heavy atom. The van der Waals surface area contributed by atoms with Crippen LogP contribution in [0.3, 0.4) is 0 Å². The second-order valence-corrected chi connectivity index (χ2v) is 4.34. The second kappa shape index (κ2) is 5.29. The van der Waals surface area contributed by atoms with Gasteiger partial charge in [0.15, 0.2) is 0 Å². The summed E-state index contributed by atoms with van der Waals surface area (Å²) in [6, 6.07) is 7.45. The minimum absolute atomic E-state index is 0.0590. The van der Waals surface area contributed by atoms with Gasteiger partial charge in [-0.25, -0.2) is 4.68 Å². The van der Waals surface area contributed by atoms with Crippen LogP contribution in [0.2, 0.25) is 5.02 Å². The highest BCUT2D eigenvalue weighted by atomic mass is 35.5. The van der Waals surface area contributed by atoms with Crippen molar-refractivity contribution in [2.45, 2.75) is 25.8 Å². The Balaban J connectivity index is 2.27. The number of hydrogen-bond acceptors (Lipinski definition) is 3. The molecular formula is C12H15ClN4. The fourth-order valence-corrected chi connectivity index (χ4v) is 1.88. The lowest BCUT2D eigenvalue weighted by Crippen LogP contribution is -2.10. The minimum atomic E-state index is -0.0590. The molecule has 17 heavy (non-hydrogen) atoms. The van der Waals surface area contributed by atoms with Crippen LogP contribution in [0.1, 0.15) is 31.5 Å². The summed E-state index contributed by atoms with van der Waals surface area (Å²) in [6.45, 7) is 2.10. The molecule has 1 heterocycles. The van der Waals surface area contributed by atoms with E-state index < -0.39 is 0 Å². The minimum Gasteiger partial charge on any atom is -0.323 e. The Bertz CT molecular complexity index is 495. The van der Waals surface area contributed by atoms with Crippen molar-refractivity contribution in [3.8, 4) is 5.69 Å². The molecule has 0 radical (unpaired) electrons. The van der Waals surface area contributed by atoms with Gasteiger partial charge < -0.3 is 5.73 Å². The van der Waals surface area contributed by atoms with Crippen LogP contribution in [-0.4, -0.2) is 15.0 Å². The van der Waals surface area contributed by atoms with Gasteiger partial charge in [0.1, 0.15) is 0 Å². The van der Waals surface area contributed by atoms with Gasteiger partial charge in [0.2, 0.25) is 0 Å². The van der Waals surface area contributed by atoms with Gasteiger partial charge in [-0.1, -0.05) is 42.3 Å². The van der Waals surface area contributed by atoms with Gasteiger partial charge in [0, 0.05) is 0 Å². The molecular weight excluding hydrogens is 236 g/mol.